The van der Waals surface area contributed by atoms with Crippen molar-refractivity contribution in [1.82, 2.24) is 0 Å². The highest BCUT2D eigenvalue weighted by atomic mass is 32.2. The maximum absolute atomic E-state index is 12.5. The molecule has 0 amide bonds. The average molecular weight is 314 g/mol. The van der Waals surface area contributed by atoms with Gasteiger partial charge < -0.3 is 10.8 Å². The summed E-state index contributed by atoms with van der Waals surface area (Å²) in [5.41, 5.74) is 5.91. The van der Waals surface area contributed by atoms with E-state index in [1.807, 2.05) is 20.8 Å². The van der Waals surface area contributed by atoms with Gasteiger partial charge in [-0.25, -0.2) is 13.2 Å². The number of anilines is 2. The van der Waals surface area contributed by atoms with Crippen molar-refractivity contribution in [2.75, 3.05) is 22.3 Å². The van der Waals surface area contributed by atoms with Gasteiger partial charge in [-0.1, -0.05) is 20.8 Å². The minimum absolute atomic E-state index is 0.0199. The van der Waals surface area contributed by atoms with Crippen LogP contribution in [0.15, 0.2) is 18.2 Å². The van der Waals surface area contributed by atoms with E-state index in [1.165, 1.54) is 22.5 Å². The molecular weight excluding hydrogens is 292 g/mol. The van der Waals surface area contributed by atoms with Gasteiger partial charge in [0.2, 0.25) is 10.0 Å². The molecule has 3 N–H and O–H groups in total. The van der Waals surface area contributed by atoms with E-state index >= 15 is 0 Å². The minimum Gasteiger partial charge on any atom is -0.478 e. The number of benzene rings is 1. The number of carbonyl (C=O) groups is 1. The molecule has 0 aliphatic heterocycles. The van der Waals surface area contributed by atoms with Gasteiger partial charge in [-0.2, -0.15) is 0 Å². The van der Waals surface area contributed by atoms with Gasteiger partial charge in [0.05, 0.1) is 22.7 Å². The molecule has 0 saturated heterocycles. The largest absolute Gasteiger partial charge is 0.478 e. The Labute approximate surface area is 125 Å². The summed E-state index contributed by atoms with van der Waals surface area (Å²) in [6, 6.07) is 4.05. The first-order valence-corrected chi connectivity index (χ1v) is 8.22. The lowest BCUT2D eigenvalue weighted by Gasteiger charge is -2.28. The van der Waals surface area contributed by atoms with Gasteiger partial charge in [-0.15, -0.1) is 0 Å². The van der Waals surface area contributed by atoms with E-state index in [-0.39, 0.29) is 29.0 Å². The van der Waals surface area contributed by atoms with Gasteiger partial charge in [0.25, 0.3) is 0 Å². The quantitative estimate of drug-likeness (QED) is 0.811. The van der Waals surface area contributed by atoms with Gasteiger partial charge in [-0.05, 0) is 30.5 Å². The van der Waals surface area contributed by atoms with Crippen molar-refractivity contribution < 1.29 is 18.3 Å². The minimum atomic E-state index is -3.53. The maximum atomic E-state index is 12.5. The number of aromatic carboxylic acids is 1. The third kappa shape index (κ3) is 4.35. The number of nitrogens with zero attached hydrogens (tertiary/aromatic N) is 1. The standard InChI is InChI=1S/C14H22N2O4S/c1-5-16(21(19,20)9-14(2,3)4)12-7-6-10(13(17)18)8-11(12)15/h6-8H,5,9,15H2,1-4H3,(H,17,18). The highest BCUT2D eigenvalue weighted by molar-refractivity contribution is 7.92. The van der Waals surface area contributed by atoms with Crippen molar-refractivity contribution >= 4 is 27.4 Å². The molecule has 0 fully saturated rings. The molecule has 0 heterocycles. The van der Waals surface area contributed by atoms with Gasteiger partial charge in [0, 0.05) is 6.54 Å². The highest BCUT2D eigenvalue weighted by Crippen LogP contribution is 2.29. The molecule has 0 aromatic heterocycles. The van der Waals surface area contributed by atoms with E-state index in [0.29, 0.717) is 5.69 Å². The molecule has 1 rings (SSSR count). The van der Waals surface area contributed by atoms with Gasteiger partial charge in [0.1, 0.15) is 0 Å². The zero-order valence-corrected chi connectivity index (χ0v) is 13.6. The number of hydrogen-bond donors (Lipinski definition) is 2. The number of carboxylic acids is 1. The van der Waals surface area contributed by atoms with Crippen molar-refractivity contribution in [3.05, 3.63) is 23.8 Å². The number of hydrogen-bond acceptors (Lipinski definition) is 4. The second-order valence-electron chi connectivity index (χ2n) is 6.06. The summed E-state index contributed by atoms with van der Waals surface area (Å²) in [5, 5.41) is 8.92. The van der Waals surface area contributed by atoms with Crippen molar-refractivity contribution in [2.24, 2.45) is 5.41 Å². The molecule has 0 radical (unpaired) electrons. The SMILES string of the molecule is CCN(c1ccc(C(=O)O)cc1N)S(=O)(=O)CC(C)(C)C. The number of carboxylic acid groups (broad SMARTS) is 1. The fourth-order valence-electron chi connectivity index (χ4n) is 2.06. The maximum Gasteiger partial charge on any atom is 0.335 e. The summed E-state index contributed by atoms with van der Waals surface area (Å²) in [6.45, 7) is 7.47. The van der Waals surface area contributed by atoms with Crippen molar-refractivity contribution in [2.45, 2.75) is 27.7 Å². The molecule has 7 heteroatoms. The van der Waals surface area contributed by atoms with Crippen LogP contribution < -0.4 is 10.0 Å². The number of rotatable bonds is 5. The zero-order chi connectivity index (χ0) is 16.4. The van der Waals surface area contributed by atoms with E-state index in [9.17, 15) is 13.2 Å². The molecule has 0 saturated carbocycles. The van der Waals surface area contributed by atoms with Crippen LogP contribution in [0.1, 0.15) is 38.1 Å². The predicted octanol–water partition coefficient (Wildman–Crippen LogP) is 2.17. The Bertz CT molecular complexity index is 633. The van der Waals surface area contributed by atoms with Crippen LogP contribution in [0.5, 0.6) is 0 Å². The van der Waals surface area contributed by atoms with Crippen LogP contribution in [0.4, 0.5) is 11.4 Å². The summed E-state index contributed by atoms with van der Waals surface area (Å²) in [7, 11) is -3.53. The monoisotopic (exact) mass is 314 g/mol. The van der Waals surface area contributed by atoms with Gasteiger partial charge in [-0.3, -0.25) is 4.31 Å². The molecule has 1 aromatic carbocycles. The Balaban J connectivity index is 3.25. The van der Waals surface area contributed by atoms with Crippen LogP contribution in [-0.4, -0.2) is 31.8 Å². The molecule has 6 nitrogen and oxygen atoms in total. The fourth-order valence-corrected chi connectivity index (χ4v) is 4.17. The second-order valence-corrected chi connectivity index (χ2v) is 7.95. The van der Waals surface area contributed by atoms with Crippen LogP contribution in [0.25, 0.3) is 0 Å². The molecular formula is C14H22N2O4S. The smallest absolute Gasteiger partial charge is 0.335 e. The lowest BCUT2D eigenvalue weighted by atomic mass is 10.0. The molecule has 0 atom stereocenters. The fraction of sp³-hybridized carbons (Fsp3) is 0.500. The second kappa shape index (κ2) is 5.93. The average Bonchev–Trinajstić information content (AvgIpc) is 2.28. The first kappa shape index (κ1) is 17.3. The van der Waals surface area contributed by atoms with Crippen molar-refractivity contribution in [1.29, 1.82) is 0 Å². The van der Waals surface area contributed by atoms with Crippen LogP contribution in [0.2, 0.25) is 0 Å². The number of sulfonamides is 1. The number of nitrogen functional groups attached to an aromatic ring is 1. The summed E-state index contributed by atoms with van der Waals surface area (Å²) in [6.07, 6.45) is 0. The summed E-state index contributed by atoms with van der Waals surface area (Å²) < 4.78 is 26.2. The molecule has 0 bridgehead atoms. The van der Waals surface area contributed by atoms with Crippen molar-refractivity contribution in [3.8, 4) is 0 Å². The third-order valence-corrected chi connectivity index (χ3v) is 5.14. The Morgan fingerprint density at radius 2 is 1.90 bits per heavy atom. The number of nitrogens with two attached hydrogens (primary N) is 1. The van der Waals surface area contributed by atoms with E-state index in [2.05, 4.69) is 0 Å². The van der Waals surface area contributed by atoms with Crippen molar-refractivity contribution in [3.63, 3.8) is 0 Å². The molecule has 0 spiro atoms. The molecule has 1 aromatic rings. The lowest BCUT2D eigenvalue weighted by molar-refractivity contribution is 0.0697. The van der Waals surface area contributed by atoms with Gasteiger partial charge in [0.15, 0.2) is 0 Å². The zero-order valence-electron chi connectivity index (χ0n) is 12.8. The van der Waals surface area contributed by atoms with E-state index in [0.717, 1.165) is 0 Å². The van der Waals surface area contributed by atoms with Crippen LogP contribution in [0, 0.1) is 5.41 Å². The molecule has 21 heavy (non-hydrogen) atoms. The summed E-state index contributed by atoms with van der Waals surface area (Å²) in [4.78, 5) is 10.9. The first-order valence-electron chi connectivity index (χ1n) is 6.61. The Hall–Kier alpha value is -1.76. The van der Waals surface area contributed by atoms with Gasteiger partial charge >= 0.3 is 5.97 Å². The Kier molecular flexibility index (Phi) is 4.88. The normalized spacial score (nSPS) is 12.2. The Morgan fingerprint density at radius 3 is 2.29 bits per heavy atom. The first-order chi connectivity index (χ1) is 9.48. The van der Waals surface area contributed by atoms with E-state index in [1.54, 1.807) is 6.92 Å². The summed E-state index contributed by atoms with van der Waals surface area (Å²) in [5.74, 6) is -1.12. The molecule has 0 unspecified atom stereocenters. The molecule has 118 valence electrons. The molecule has 0 aliphatic rings. The van der Waals surface area contributed by atoms with Crippen LogP contribution in [0.3, 0.4) is 0 Å². The third-order valence-electron chi connectivity index (χ3n) is 2.78. The lowest BCUT2D eigenvalue weighted by Crippen LogP contribution is -2.37. The topological polar surface area (TPSA) is 101 Å². The highest BCUT2D eigenvalue weighted by Gasteiger charge is 2.28. The molecule has 0 aliphatic carbocycles. The Morgan fingerprint density at radius 1 is 1.33 bits per heavy atom. The van der Waals surface area contributed by atoms with E-state index < -0.39 is 16.0 Å². The summed E-state index contributed by atoms with van der Waals surface area (Å²) >= 11 is 0. The predicted molar refractivity (Wildman–Crippen MR) is 84.1 cm³/mol. The van der Waals surface area contributed by atoms with Crippen LogP contribution in [-0.2, 0) is 10.0 Å². The van der Waals surface area contributed by atoms with Crippen LogP contribution >= 0.6 is 0 Å². The van der Waals surface area contributed by atoms with E-state index in [4.69, 9.17) is 10.8 Å².